The lowest BCUT2D eigenvalue weighted by Gasteiger charge is -2.16. The van der Waals surface area contributed by atoms with E-state index in [1.54, 1.807) is 6.07 Å². The van der Waals surface area contributed by atoms with Crippen molar-refractivity contribution in [2.24, 2.45) is 0 Å². The maximum atomic E-state index is 11.1. The van der Waals surface area contributed by atoms with E-state index in [-0.39, 0.29) is 23.9 Å². The van der Waals surface area contributed by atoms with Crippen LogP contribution in [-0.2, 0) is 9.59 Å². The van der Waals surface area contributed by atoms with Crippen LogP contribution < -0.4 is 0 Å². The summed E-state index contributed by atoms with van der Waals surface area (Å²) in [6, 6.07) is 1.70. The lowest BCUT2D eigenvalue weighted by atomic mass is 9.85. The van der Waals surface area contributed by atoms with E-state index in [1.807, 2.05) is 0 Å². The molecule has 0 N–H and O–H groups in total. The largest absolute Gasteiger partial charge is 0.365 e. The van der Waals surface area contributed by atoms with Gasteiger partial charge in [-0.2, -0.15) is 0 Å². The third-order valence-electron chi connectivity index (χ3n) is 2.22. The topological polar surface area (TPSA) is 60.2 Å². The fraction of sp³-hybridized carbons (Fsp3) is 0.444. The van der Waals surface area contributed by atoms with E-state index in [0.29, 0.717) is 18.5 Å². The molecule has 13 heavy (non-hydrogen) atoms. The first-order valence-corrected chi connectivity index (χ1v) is 4.19. The van der Waals surface area contributed by atoms with Gasteiger partial charge in [0.2, 0.25) is 0 Å². The zero-order valence-electron chi connectivity index (χ0n) is 7.03. The molecule has 2 rings (SSSR count). The zero-order valence-corrected chi connectivity index (χ0v) is 7.03. The Morgan fingerprint density at radius 1 is 1.31 bits per heavy atom. The van der Waals surface area contributed by atoms with Crippen molar-refractivity contribution in [3.05, 3.63) is 18.0 Å². The molecule has 1 heterocycles. The minimum absolute atomic E-state index is 0.00394. The second kappa shape index (κ2) is 3.12. The highest BCUT2D eigenvalue weighted by Gasteiger charge is 2.27. The van der Waals surface area contributed by atoms with Crippen molar-refractivity contribution in [1.82, 2.24) is 5.16 Å². The summed E-state index contributed by atoms with van der Waals surface area (Å²) in [5.74, 6) is -0.0546. The lowest BCUT2D eigenvalue weighted by Crippen LogP contribution is -2.21. The van der Waals surface area contributed by atoms with E-state index in [2.05, 4.69) is 9.68 Å². The molecule has 4 heteroatoms. The van der Waals surface area contributed by atoms with E-state index >= 15 is 0 Å². The van der Waals surface area contributed by atoms with Crippen molar-refractivity contribution in [2.75, 3.05) is 0 Å². The summed E-state index contributed by atoms with van der Waals surface area (Å²) in [4.78, 5) is 22.2. The summed E-state index contributed by atoms with van der Waals surface area (Å²) >= 11 is 0. The van der Waals surface area contributed by atoms with Gasteiger partial charge in [-0.25, -0.2) is 0 Å². The molecule has 4 nitrogen and oxygen atoms in total. The number of carbonyl (C=O) groups is 2. The molecular weight excluding hydrogens is 170 g/mol. The normalized spacial score (nSPS) is 19.4. The summed E-state index contributed by atoms with van der Waals surface area (Å²) in [6.07, 6.45) is 2.38. The molecule has 0 atom stereocenters. The second-order valence-electron chi connectivity index (χ2n) is 3.28. The Morgan fingerprint density at radius 3 is 2.54 bits per heavy atom. The first-order chi connectivity index (χ1) is 6.25. The first kappa shape index (κ1) is 8.16. The molecule has 0 bridgehead atoms. The molecule has 0 amide bonds. The van der Waals surface area contributed by atoms with Gasteiger partial charge in [0.05, 0.1) is 12.1 Å². The van der Waals surface area contributed by atoms with Crippen LogP contribution in [0.4, 0.5) is 0 Å². The zero-order chi connectivity index (χ0) is 9.26. The first-order valence-electron chi connectivity index (χ1n) is 4.19. The molecular formula is C9H9NO3. The number of Topliss-reactive ketones (excluding diaryl/α,β-unsaturated/α-hetero) is 2. The standard InChI is InChI=1S/C9H9NO3/c11-7-3-6(4-8(12)5-7)9-1-2-13-10-9/h1-2,6H,3-5H2. The smallest absolute Gasteiger partial charge is 0.140 e. The van der Waals surface area contributed by atoms with Crippen molar-refractivity contribution in [1.29, 1.82) is 0 Å². The van der Waals surface area contributed by atoms with Crippen molar-refractivity contribution < 1.29 is 14.1 Å². The molecule has 1 aromatic heterocycles. The summed E-state index contributed by atoms with van der Waals surface area (Å²) in [6.45, 7) is 0. The minimum Gasteiger partial charge on any atom is -0.365 e. The van der Waals surface area contributed by atoms with Crippen molar-refractivity contribution in [2.45, 2.75) is 25.2 Å². The summed E-state index contributed by atoms with van der Waals surface area (Å²) in [5.41, 5.74) is 0.710. The molecule has 1 aliphatic rings. The Kier molecular flexibility index (Phi) is 1.96. The van der Waals surface area contributed by atoms with Gasteiger partial charge in [-0.15, -0.1) is 0 Å². The Hall–Kier alpha value is -1.45. The monoisotopic (exact) mass is 179 g/mol. The number of rotatable bonds is 1. The number of hydrogen-bond acceptors (Lipinski definition) is 4. The molecule has 68 valence electrons. The summed E-state index contributed by atoms with van der Waals surface area (Å²) in [7, 11) is 0. The summed E-state index contributed by atoms with van der Waals surface area (Å²) in [5, 5.41) is 3.73. The number of ketones is 2. The Morgan fingerprint density at radius 2 is 2.00 bits per heavy atom. The molecule has 0 aromatic carbocycles. The SMILES string of the molecule is O=C1CC(=O)CC(c2ccon2)C1. The maximum Gasteiger partial charge on any atom is 0.140 e. The van der Waals surface area contributed by atoms with Crippen molar-refractivity contribution in [3.63, 3.8) is 0 Å². The quantitative estimate of drug-likeness (QED) is 0.605. The van der Waals surface area contributed by atoms with Crippen LogP contribution in [0.2, 0.25) is 0 Å². The molecule has 0 aliphatic heterocycles. The Labute approximate surface area is 74.9 Å². The number of hydrogen-bond donors (Lipinski definition) is 0. The Balaban J connectivity index is 2.16. The molecule has 1 aliphatic carbocycles. The van der Waals surface area contributed by atoms with Gasteiger partial charge < -0.3 is 4.52 Å². The van der Waals surface area contributed by atoms with Crippen LogP contribution in [0.15, 0.2) is 16.9 Å². The Bertz CT molecular complexity index is 313. The molecule has 0 radical (unpaired) electrons. The van der Waals surface area contributed by atoms with Gasteiger partial charge in [-0.1, -0.05) is 5.16 Å². The highest BCUT2D eigenvalue weighted by atomic mass is 16.5. The predicted molar refractivity (Wildman–Crippen MR) is 43.1 cm³/mol. The van der Waals surface area contributed by atoms with Gasteiger partial charge in [0.25, 0.3) is 0 Å². The van der Waals surface area contributed by atoms with Gasteiger partial charge >= 0.3 is 0 Å². The van der Waals surface area contributed by atoms with E-state index in [4.69, 9.17) is 0 Å². The van der Waals surface area contributed by atoms with Gasteiger partial charge in [0.1, 0.15) is 17.8 Å². The van der Waals surface area contributed by atoms with Crippen LogP contribution in [0, 0.1) is 0 Å². The van der Waals surface area contributed by atoms with Crippen molar-refractivity contribution in [3.8, 4) is 0 Å². The van der Waals surface area contributed by atoms with E-state index < -0.39 is 0 Å². The molecule has 0 saturated heterocycles. The highest BCUT2D eigenvalue weighted by Crippen LogP contribution is 2.27. The average molecular weight is 179 g/mol. The average Bonchev–Trinajstić information content (AvgIpc) is 2.53. The van der Waals surface area contributed by atoms with Gasteiger partial charge in [0.15, 0.2) is 0 Å². The third kappa shape index (κ3) is 1.66. The maximum absolute atomic E-state index is 11.1. The van der Waals surface area contributed by atoms with Gasteiger partial charge in [0, 0.05) is 24.8 Å². The van der Waals surface area contributed by atoms with E-state index in [0.717, 1.165) is 0 Å². The van der Waals surface area contributed by atoms with Gasteiger partial charge in [-0.05, 0) is 0 Å². The van der Waals surface area contributed by atoms with Crippen LogP contribution in [0.25, 0.3) is 0 Å². The number of nitrogens with zero attached hydrogens (tertiary/aromatic N) is 1. The highest BCUT2D eigenvalue weighted by molar-refractivity contribution is 6.02. The van der Waals surface area contributed by atoms with Crippen LogP contribution in [0.1, 0.15) is 30.9 Å². The molecule has 0 spiro atoms. The molecule has 1 saturated carbocycles. The van der Waals surface area contributed by atoms with Crippen LogP contribution in [0.5, 0.6) is 0 Å². The van der Waals surface area contributed by atoms with Crippen LogP contribution in [0.3, 0.4) is 0 Å². The van der Waals surface area contributed by atoms with Crippen LogP contribution in [-0.4, -0.2) is 16.7 Å². The number of carbonyl (C=O) groups excluding carboxylic acids is 2. The second-order valence-corrected chi connectivity index (χ2v) is 3.28. The lowest BCUT2D eigenvalue weighted by molar-refractivity contribution is -0.130. The van der Waals surface area contributed by atoms with E-state index in [1.165, 1.54) is 6.26 Å². The van der Waals surface area contributed by atoms with Crippen molar-refractivity contribution >= 4 is 11.6 Å². The predicted octanol–water partition coefficient (Wildman–Crippen LogP) is 1.08. The number of aromatic nitrogens is 1. The minimum atomic E-state index is -0.0625. The fourth-order valence-electron chi connectivity index (χ4n) is 1.63. The third-order valence-corrected chi connectivity index (χ3v) is 2.22. The summed E-state index contributed by atoms with van der Waals surface area (Å²) < 4.78 is 4.67. The van der Waals surface area contributed by atoms with E-state index in [9.17, 15) is 9.59 Å². The molecule has 0 unspecified atom stereocenters. The molecule has 1 fully saturated rings. The van der Waals surface area contributed by atoms with Gasteiger partial charge in [-0.3, -0.25) is 9.59 Å². The van der Waals surface area contributed by atoms with Crippen LogP contribution >= 0.6 is 0 Å². The molecule has 1 aromatic rings. The fourth-order valence-corrected chi connectivity index (χ4v) is 1.63.